The van der Waals surface area contributed by atoms with Crippen LogP contribution in [-0.2, 0) is 0 Å². The van der Waals surface area contributed by atoms with Crippen molar-refractivity contribution in [2.75, 3.05) is 31.1 Å². The number of hydrogen-bond acceptors (Lipinski definition) is 5. The van der Waals surface area contributed by atoms with Gasteiger partial charge in [0.1, 0.15) is 5.56 Å². The van der Waals surface area contributed by atoms with Crippen LogP contribution in [0.15, 0.2) is 18.2 Å². The molecule has 1 aromatic carbocycles. The average Bonchev–Trinajstić information content (AvgIpc) is 2.46. The summed E-state index contributed by atoms with van der Waals surface area (Å²) in [4.78, 5) is 26.3. The number of hydrogen-bond donors (Lipinski definition) is 1. The van der Waals surface area contributed by atoms with Crippen LogP contribution in [0.3, 0.4) is 0 Å². The number of rotatable bonds is 4. The van der Waals surface area contributed by atoms with Gasteiger partial charge in [-0.3, -0.25) is 19.8 Å². The Balaban J connectivity index is 2.31. The third kappa shape index (κ3) is 3.13. The van der Waals surface area contributed by atoms with Gasteiger partial charge in [0.25, 0.3) is 11.6 Å². The van der Waals surface area contributed by atoms with Crippen LogP contribution in [0.4, 0.5) is 11.4 Å². The van der Waals surface area contributed by atoms with E-state index in [0.29, 0.717) is 0 Å². The molecule has 1 amide bonds. The molecule has 1 aliphatic heterocycles. The summed E-state index contributed by atoms with van der Waals surface area (Å²) in [7, 11) is 0. The monoisotopic (exact) mass is 292 g/mol. The second-order valence-corrected chi connectivity index (χ2v) is 5.26. The minimum Gasteiger partial charge on any atom is -0.366 e. The Bertz CT molecular complexity index is 561. The van der Waals surface area contributed by atoms with Crippen molar-refractivity contribution in [1.29, 1.82) is 0 Å². The normalized spacial score (nSPS) is 19.5. The van der Waals surface area contributed by atoms with Crippen molar-refractivity contribution in [2.45, 2.75) is 19.9 Å². The zero-order valence-corrected chi connectivity index (χ0v) is 12.3. The van der Waals surface area contributed by atoms with Crippen molar-refractivity contribution in [1.82, 2.24) is 4.90 Å². The Kier molecular flexibility index (Phi) is 4.42. The first-order valence-corrected chi connectivity index (χ1v) is 7.01. The fraction of sp³-hybridized carbons (Fsp3) is 0.500. The minimum atomic E-state index is -0.775. The number of carbonyl (C=O) groups is 1. The van der Waals surface area contributed by atoms with Gasteiger partial charge in [0, 0.05) is 37.4 Å². The molecule has 2 N–H and O–H groups in total. The van der Waals surface area contributed by atoms with Crippen LogP contribution >= 0.6 is 0 Å². The summed E-state index contributed by atoms with van der Waals surface area (Å²) in [6, 6.07) is 4.84. The standard InChI is InChI=1S/C14H20N4O3/c1-3-16-6-7-17(10(2)9-16)11-4-5-13(18(20)21)12(8-11)14(15)19/h4-5,8,10H,3,6-7,9H2,1-2H3,(H2,15,19)/t10-/m1/s1. The Labute approximate surface area is 123 Å². The molecule has 1 aromatic rings. The van der Waals surface area contributed by atoms with Crippen LogP contribution in [0.5, 0.6) is 0 Å². The van der Waals surface area contributed by atoms with Crippen molar-refractivity contribution < 1.29 is 9.72 Å². The van der Waals surface area contributed by atoms with Crippen molar-refractivity contribution in [3.8, 4) is 0 Å². The molecule has 0 saturated carbocycles. The van der Waals surface area contributed by atoms with E-state index >= 15 is 0 Å². The molecule has 1 fully saturated rings. The van der Waals surface area contributed by atoms with E-state index in [1.54, 1.807) is 6.07 Å². The highest BCUT2D eigenvalue weighted by atomic mass is 16.6. The molecule has 7 nitrogen and oxygen atoms in total. The van der Waals surface area contributed by atoms with E-state index in [1.807, 2.05) is 0 Å². The number of nitrogens with zero attached hydrogens (tertiary/aromatic N) is 3. The van der Waals surface area contributed by atoms with Gasteiger partial charge in [0.15, 0.2) is 0 Å². The first-order chi connectivity index (χ1) is 9.93. The molecular weight excluding hydrogens is 272 g/mol. The zero-order valence-electron chi connectivity index (χ0n) is 12.3. The quantitative estimate of drug-likeness (QED) is 0.665. The minimum absolute atomic E-state index is 0.0392. The van der Waals surface area contributed by atoms with E-state index in [4.69, 9.17) is 5.73 Å². The van der Waals surface area contributed by atoms with Crippen LogP contribution in [0.1, 0.15) is 24.2 Å². The summed E-state index contributed by atoms with van der Waals surface area (Å²) in [5.41, 5.74) is 5.78. The highest BCUT2D eigenvalue weighted by Gasteiger charge is 2.25. The lowest BCUT2D eigenvalue weighted by molar-refractivity contribution is -0.385. The predicted molar refractivity (Wildman–Crippen MR) is 80.5 cm³/mol. The maximum atomic E-state index is 11.4. The number of nitro benzene ring substituents is 1. The number of likely N-dealkylation sites (N-methyl/N-ethyl adjacent to an activating group) is 1. The van der Waals surface area contributed by atoms with Gasteiger partial charge in [-0.1, -0.05) is 6.92 Å². The fourth-order valence-corrected chi connectivity index (χ4v) is 2.76. The lowest BCUT2D eigenvalue weighted by atomic mass is 10.1. The van der Waals surface area contributed by atoms with Gasteiger partial charge in [-0.05, 0) is 25.6 Å². The Morgan fingerprint density at radius 1 is 1.48 bits per heavy atom. The number of piperazine rings is 1. The van der Waals surface area contributed by atoms with Crippen LogP contribution in [-0.4, -0.2) is 48.0 Å². The molecule has 1 atom stereocenters. The lowest BCUT2D eigenvalue weighted by Crippen LogP contribution is -2.51. The van der Waals surface area contributed by atoms with E-state index in [2.05, 4.69) is 23.6 Å². The molecule has 2 rings (SSSR count). The number of nitrogens with two attached hydrogens (primary N) is 1. The third-order valence-electron chi connectivity index (χ3n) is 3.93. The molecule has 21 heavy (non-hydrogen) atoms. The largest absolute Gasteiger partial charge is 0.366 e. The highest BCUT2D eigenvalue weighted by molar-refractivity contribution is 5.98. The maximum absolute atomic E-state index is 11.4. The van der Waals surface area contributed by atoms with Crippen molar-refractivity contribution in [3.05, 3.63) is 33.9 Å². The molecule has 0 radical (unpaired) electrons. The van der Waals surface area contributed by atoms with Gasteiger partial charge >= 0.3 is 0 Å². The molecule has 0 bridgehead atoms. The van der Waals surface area contributed by atoms with Crippen LogP contribution < -0.4 is 10.6 Å². The highest BCUT2D eigenvalue weighted by Crippen LogP contribution is 2.27. The van der Waals surface area contributed by atoms with E-state index in [-0.39, 0.29) is 17.3 Å². The number of primary amides is 1. The number of anilines is 1. The third-order valence-corrected chi connectivity index (χ3v) is 3.93. The second-order valence-electron chi connectivity index (χ2n) is 5.26. The number of benzene rings is 1. The first-order valence-electron chi connectivity index (χ1n) is 7.01. The van der Waals surface area contributed by atoms with Crippen molar-refractivity contribution >= 4 is 17.3 Å². The first kappa shape index (κ1) is 15.2. The van der Waals surface area contributed by atoms with Crippen LogP contribution in [0.25, 0.3) is 0 Å². The van der Waals surface area contributed by atoms with E-state index in [1.165, 1.54) is 12.1 Å². The summed E-state index contributed by atoms with van der Waals surface area (Å²) >= 11 is 0. The molecule has 1 saturated heterocycles. The van der Waals surface area contributed by atoms with E-state index in [0.717, 1.165) is 31.9 Å². The number of carbonyl (C=O) groups excluding carboxylic acids is 1. The summed E-state index contributed by atoms with van der Waals surface area (Å²) in [5.74, 6) is -0.775. The molecule has 1 aliphatic rings. The Hall–Kier alpha value is -2.15. The summed E-state index contributed by atoms with van der Waals surface area (Å²) < 4.78 is 0. The smallest absolute Gasteiger partial charge is 0.282 e. The van der Waals surface area contributed by atoms with Gasteiger partial charge in [-0.25, -0.2) is 0 Å². The van der Waals surface area contributed by atoms with Gasteiger partial charge in [0.05, 0.1) is 4.92 Å². The SMILES string of the molecule is CCN1CCN(c2ccc([N+](=O)[O-])c(C(N)=O)c2)[C@H](C)C1. The van der Waals surface area contributed by atoms with Gasteiger partial charge in [-0.2, -0.15) is 0 Å². The fourth-order valence-electron chi connectivity index (χ4n) is 2.76. The molecular formula is C14H20N4O3. The zero-order chi connectivity index (χ0) is 15.6. The molecule has 0 aliphatic carbocycles. The summed E-state index contributed by atoms with van der Waals surface area (Å²) in [6.07, 6.45) is 0. The van der Waals surface area contributed by atoms with Gasteiger partial charge < -0.3 is 10.6 Å². The molecule has 1 heterocycles. The summed E-state index contributed by atoms with van der Waals surface area (Å²) in [6.45, 7) is 7.92. The average molecular weight is 292 g/mol. The molecule has 0 unspecified atom stereocenters. The van der Waals surface area contributed by atoms with Crippen molar-refractivity contribution in [3.63, 3.8) is 0 Å². The lowest BCUT2D eigenvalue weighted by Gasteiger charge is -2.41. The van der Waals surface area contributed by atoms with Crippen LogP contribution in [0.2, 0.25) is 0 Å². The Morgan fingerprint density at radius 2 is 2.19 bits per heavy atom. The van der Waals surface area contributed by atoms with E-state index < -0.39 is 10.8 Å². The molecule has 0 spiro atoms. The van der Waals surface area contributed by atoms with Gasteiger partial charge in [0.2, 0.25) is 0 Å². The van der Waals surface area contributed by atoms with Crippen LogP contribution in [0, 0.1) is 10.1 Å². The van der Waals surface area contributed by atoms with Crippen molar-refractivity contribution in [2.24, 2.45) is 5.73 Å². The summed E-state index contributed by atoms with van der Waals surface area (Å²) in [5, 5.41) is 10.9. The molecule has 114 valence electrons. The predicted octanol–water partition coefficient (Wildman–Crippen LogP) is 1.22. The molecule has 0 aromatic heterocycles. The molecule has 7 heteroatoms. The van der Waals surface area contributed by atoms with Gasteiger partial charge in [-0.15, -0.1) is 0 Å². The number of nitro groups is 1. The Morgan fingerprint density at radius 3 is 2.71 bits per heavy atom. The topological polar surface area (TPSA) is 92.7 Å². The number of amides is 1. The second kappa shape index (κ2) is 6.09. The maximum Gasteiger partial charge on any atom is 0.282 e. The van der Waals surface area contributed by atoms with E-state index in [9.17, 15) is 14.9 Å².